The van der Waals surface area contributed by atoms with E-state index in [4.69, 9.17) is 20.8 Å². The number of carbonyl (C=O) groups excluding carboxylic acids is 1. The Balaban J connectivity index is 1.39. The molecule has 0 spiro atoms. The molecule has 0 aliphatic rings. The molecule has 0 aliphatic heterocycles. The molecular formula is C21H15ClN4O3. The Bertz CT molecular complexity index is 1110. The maximum Gasteiger partial charge on any atom is 0.274 e. The van der Waals surface area contributed by atoms with Crippen LogP contribution in [0.25, 0.3) is 11.5 Å². The predicted octanol–water partition coefficient (Wildman–Crippen LogP) is 4.62. The number of nitrogens with one attached hydrogen (secondary N) is 1. The Labute approximate surface area is 171 Å². The lowest BCUT2D eigenvalue weighted by Crippen LogP contribution is -2.13. The van der Waals surface area contributed by atoms with Crippen molar-refractivity contribution in [1.82, 2.24) is 15.2 Å². The van der Waals surface area contributed by atoms with Crippen LogP contribution in [0.2, 0.25) is 5.02 Å². The number of aromatic nitrogens is 3. The Morgan fingerprint density at radius 1 is 1.03 bits per heavy atom. The van der Waals surface area contributed by atoms with Crippen LogP contribution in [0, 0.1) is 0 Å². The number of nitrogens with zero attached hydrogens (tertiary/aromatic N) is 3. The van der Waals surface area contributed by atoms with E-state index in [9.17, 15) is 4.79 Å². The van der Waals surface area contributed by atoms with Crippen molar-refractivity contribution < 1.29 is 13.9 Å². The average Bonchev–Trinajstić information content (AvgIpc) is 3.23. The van der Waals surface area contributed by atoms with E-state index >= 15 is 0 Å². The summed E-state index contributed by atoms with van der Waals surface area (Å²) >= 11 is 5.88. The van der Waals surface area contributed by atoms with Crippen molar-refractivity contribution in [2.24, 2.45) is 0 Å². The molecule has 0 saturated heterocycles. The summed E-state index contributed by atoms with van der Waals surface area (Å²) in [5, 5.41) is 11.4. The van der Waals surface area contributed by atoms with Crippen molar-refractivity contribution in [3.05, 3.63) is 89.5 Å². The molecule has 0 atom stereocenters. The van der Waals surface area contributed by atoms with Gasteiger partial charge >= 0.3 is 0 Å². The van der Waals surface area contributed by atoms with Gasteiger partial charge in [-0.3, -0.25) is 9.78 Å². The van der Waals surface area contributed by atoms with Crippen molar-refractivity contribution in [1.29, 1.82) is 0 Å². The second-order valence-electron chi connectivity index (χ2n) is 5.99. The number of amides is 1. The molecule has 4 aromatic rings. The van der Waals surface area contributed by atoms with Crippen LogP contribution < -0.4 is 10.1 Å². The van der Waals surface area contributed by atoms with Gasteiger partial charge in [-0.15, -0.1) is 10.2 Å². The third-order valence-corrected chi connectivity index (χ3v) is 4.16. The zero-order valence-electron chi connectivity index (χ0n) is 15.1. The van der Waals surface area contributed by atoms with Crippen molar-refractivity contribution in [2.75, 3.05) is 5.32 Å². The molecule has 0 fully saturated rings. The molecule has 0 unspecified atom stereocenters. The average molecular weight is 407 g/mol. The van der Waals surface area contributed by atoms with Gasteiger partial charge in [0.1, 0.15) is 11.4 Å². The summed E-state index contributed by atoms with van der Waals surface area (Å²) in [6.45, 7) is 0.0955. The SMILES string of the molecule is O=C(Nc1cccc(OCc2nnc(-c3ccc(Cl)cc3)o2)c1)c1ccccn1. The summed E-state index contributed by atoms with van der Waals surface area (Å²) in [5.74, 6) is 0.969. The first-order valence-electron chi connectivity index (χ1n) is 8.71. The molecule has 0 saturated carbocycles. The molecule has 4 rings (SSSR count). The number of anilines is 1. The van der Waals surface area contributed by atoms with E-state index in [0.717, 1.165) is 5.56 Å². The van der Waals surface area contributed by atoms with E-state index in [-0.39, 0.29) is 12.5 Å². The van der Waals surface area contributed by atoms with E-state index in [1.165, 1.54) is 0 Å². The van der Waals surface area contributed by atoms with Gasteiger partial charge in [-0.05, 0) is 48.5 Å². The van der Waals surface area contributed by atoms with E-state index in [2.05, 4.69) is 20.5 Å². The molecule has 0 bridgehead atoms. The number of halogens is 1. The minimum absolute atomic E-state index is 0.0955. The monoisotopic (exact) mass is 406 g/mol. The van der Waals surface area contributed by atoms with E-state index < -0.39 is 0 Å². The quantitative estimate of drug-likeness (QED) is 0.502. The van der Waals surface area contributed by atoms with E-state index in [1.807, 2.05) is 0 Å². The highest BCUT2D eigenvalue weighted by Gasteiger charge is 2.10. The molecule has 2 aromatic carbocycles. The van der Waals surface area contributed by atoms with Crippen molar-refractivity contribution in [2.45, 2.75) is 6.61 Å². The predicted molar refractivity (Wildman–Crippen MR) is 108 cm³/mol. The molecule has 144 valence electrons. The fraction of sp³-hybridized carbons (Fsp3) is 0.0476. The molecular weight excluding hydrogens is 392 g/mol. The van der Waals surface area contributed by atoms with E-state index in [0.29, 0.717) is 33.9 Å². The third kappa shape index (κ3) is 4.77. The highest BCUT2D eigenvalue weighted by atomic mass is 35.5. The maximum absolute atomic E-state index is 12.2. The van der Waals surface area contributed by atoms with Gasteiger partial charge in [0.25, 0.3) is 11.8 Å². The lowest BCUT2D eigenvalue weighted by molar-refractivity contribution is 0.102. The smallest absolute Gasteiger partial charge is 0.274 e. The fourth-order valence-corrected chi connectivity index (χ4v) is 2.65. The zero-order valence-corrected chi connectivity index (χ0v) is 15.8. The largest absolute Gasteiger partial charge is 0.484 e. The summed E-state index contributed by atoms with van der Waals surface area (Å²) in [6.07, 6.45) is 1.57. The van der Waals surface area contributed by atoms with Crippen molar-refractivity contribution in [3.63, 3.8) is 0 Å². The summed E-state index contributed by atoms with van der Waals surface area (Å²) < 4.78 is 11.3. The second-order valence-corrected chi connectivity index (χ2v) is 6.43. The number of rotatable bonds is 6. The normalized spacial score (nSPS) is 10.5. The van der Waals surface area contributed by atoms with Gasteiger partial charge in [0.05, 0.1) is 0 Å². The lowest BCUT2D eigenvalue weighted by Gasteiger charge is -2.07. The number of benzene rings is 2. The van der Waals surface area contributed by atoms with Crippen LogP contribution in [0.5, 0.6) is 5.75 Å². The van der Waals surface area contributed by atoms with Crippen LogP contribution in [-0.2, 0) is 6.61 Å². The van der Waals surface area contributed by atoms with Crippen molar-refractivity contribution >= 4 is 23.2 Å². The second kappa shape index (κ2) is 8.53. The van der Waals surface area contributed by atoms with Gasteiger partial charge in [-0.1, -0.05) is 23.7 Å². The summed E-state index contributed by atoms with van der Waals surface area (Å²) in [5.41, 5.74) is 1.69. The minimum Gasteiger partial charge on any atom is -0.484 e. The number of hydrogen-bond donors (Lipinski definition) is 1. The Hall–Kier alpha value is -3.71. The highest BCUT2D eigenvalue weighted by molar-refractivity contribution is 6.30. The summed E-state index contributed by atoms with van der Waals surface area (Å²) in [7, 11) is 0. The van der Waals surface area contributed by atoms with Gasteiger partial charge < -0.3 is 14.5 Å². The van der Waals surface area contributed by atoms with Gasteiger partial charge in [0.2, 0.25) is 5.89 Å². The third-order valence-electron chi connectivity index (χ3n) is 3.91. The van der Waals surface area contributed by atoms with Crippen LogP contribution in [0.4, 0.5) is 5.69 Å². The first-order valence-corrected chi connectivity index (χ1v) is 9.09. The maximum atomic E-state index is 12.2. The zero-order chi connectivity index (χ0) is 20.1. The topological polar surface area (TPSA) is 90.1 Å². The molecule has 7 nitrogen and oxygen atoms in total. The van der Waals surface area contributed by atoms with Gasteiger partial charge in [-0.2, -0.15) is 0 Å². The molecule has 29 heavy (non-hydrogen) atoms. The molecule has 1 amide bonds. The molecule has 0 aliphatic carbocycles. The Kier molecular flexibility index (Phi) is 5.49. The first kappa shape index (κ1) is 18.6. The number of pyridine rings is 1. The van der Waals surface area contributed by atoms with Crippen LogP contribution in [0.1, 0.15) is 16.4 Å². The fourth-order valence-electron chi connectivity index (χ4n) is 2.52. The van der Waals surface area contributed by atoms with Gasteiger partial charge in [0.15, 0.2) is 6.61 Å². The molecule has 2 heterocycles. The molecule has 1 N–H and O–H groups in total. The van der Waals surface area contributed by atoms with Gasteiger partial charge in [0, 0.05) is 28.5 Å². The molecule has 0 radical (unpaired) electrons. The lowest BCUT2D eigenvalue weighted by atomic mass is 10.2. The highest BCUT2D eigenvalue weighted by Crippen LogP contribution is 2.22. The van der Waals surface area contributed by atoms with Crippen molar-refractivity contribution in [3.8, 4) is 17.2 Å². The van der Waals surface area contributed by atoms with Gasteiger partial charge in [-0.25, -0.2) is 0 Å². The minimum atomic E-state index is -0.299. The Morgan fingerprint density at radius 2 is 1.90 bits per heavy atom. The number of hydrogen-bond acceptors (Lipinski definition) is 6. The summed E-state index contributed by atoms with van der Waals surface area (Å²) in [4.78, 5) is 16.2. The van der Waals surface area contributed by atoms with Crippen LogP contribution in [0.3, 0.4) is 0 Å². The van der Waals surface area contributed by atoms with Crippen LogP contribution >= 0.6 is 11.6 Å². The summed E-state index contributed by atoms with van der Waals surface area (Å²) in [6, 6.07) is 19.3. The first-order chi connectivity index (χ1) is 14.2. The number of carbonyl (C=O) groups is 1. The number of ether oxygens (including phenoxy) is 1. The van der Waals surface area contributed by atoms with Crippen LogP contribution in [0.15, 0.2) is 77.3 Å². The molecule has 8 heteroatoms. The standard InChI is InChI=1S/C21H15ClN4O3/c22-15-9-7-14(8-10-15)21-26-25-19(29-21)13-28-17-5-3-4-16(12-17)24-20(27)18-6-1-2-11-23-18/h1-12H,13H2,(H,24,27). The van der Waals surface area contributed by atoms with Crippen LogP contribution in [-0.4, -0.2) is 21.1 Å². The Morgan fingerprint density at radius 3 is 2.69 bits per heavy atom. The molecule has 2 aromatic heterocycles. The van der Waals surface area contributed by atoms with E-state index in [1.54, 1.807) is 72.9 Å².